The van der Waals surface area contributed by atoms with Gasteiger partial charge >= 0.3 is 5.69 Å². The van der Waals surface area contributed by atoms with Crippen LogP contribution in [0.25, 0.3) is 0 Å². The average molecular weight is 240 g/mol. The molecule has 2 N–H and O–H groups in total. The molecule has 0 aromatic carbocycles. The van der Waals surface area contributed by atoms with Crippen LogP contribution in [0.15, 0.2) is 4.79 Å². The van der Waals surface area contributed by atoms with Crippen LogP contribution in [0.3, 0.4) is 0 Å². The topological polar surface area (TPSA) is 62.7 Å². The molecule has 1 atom stereocenters. The van der Waals surface area contributed by atoms with E-state index >= 15 is 0 Å². The van der Waals surface area contributed by atoms with Gasteiger partial charge in [0.05, 0.1) is 0 Å². The lowest BCUT2D eigenvalue weighted by molar-refractivity contribution is 0.320. The molecule has 0 radical (unpaired) electrons. The van der Waals surface area contributed by atoms with Crippen LogP contribution in [0.2, 0.25) is 0 Å². The standard InChI is InChI=1S/C12H24N4O/c1-9(8-12(2,3)4)13-7-6-10-14-15-11(17)16(10)5/h9,13H,6-8H2,1-5H3,(H,15,17). The van der Waals surface area contributed by atoms with Gasteiger partial charge in [-0.3, -0.25) is 4.57 Å². The summed E-state index contributed by atoms with van der Waals surface area (Å²) >= 11 is 0. The van der Waals surface area contributed by atoms with Gasteiger partial charge in [0.1, 0.15) is 5.82 Å². The Balaban J connectivity index is 2.33. The fraction of sp³-hybridized carbons (Fsp3) is 0.833. The van der Waals surface area contributed by atoms with Crippen molar-refractivity contribution in [3.63, 3.8) is 0 Å². The van der Waals surface area contributed by atoms with E-state index in [9.17, 15) is 4.79 Å². The van der Waals surface area contributed by atoms with Crippen molar-refractivity contribution >= 4 is 0 Å². The lowest BCUT2D eigenvalue weighted by atomic mass is 9.89. The molecule has 1 unspecified atom stereocenters. The van der Waals surface area contributed by atoms with Crippen LogP contribution < -0.4 is 11.0 Å². The molecule has 0 bridgehead atoms. The highest BCUT2D eigenvalue weighted by Gasteiger charge is 2.14. The third-order valence-electron chi connectivity index (χ3n) is 2.73. The minimum absolute atomic E-state index is 0.150. The van der Waals surface area contributed by atoms with E-state index in [1.165, 1.54) is 0 Å². The summed E-state index contributed by atoms with van der Waals surface area (Å²) in [6.45, 7) is 9.75. The molecular weight excluding hydrogens is 216 g/mol. The van der Waals surface area contributed by atoms with E-state index in [0.717, 1.165) is 25.2 Å². The Hall–Kier alpha value is -1.10. The quantitative estimate of drug-likeness (QED) is 0.809. The molecule has 0 saturated heterocycles. The minimum Gasteiger partial charge on any atom is -0.314 e. The van der Waals surface area contributed by atoms with E-state index < -0.39 is 0 Å². The van der Waals surface area contributed by atoms with Crippen molar-refractivity contribution in [2.45, 2.75) is 46.6 Å². The molecule has 5 heteroatoms. The van der Waals surface area contributed by atoms with Crippen molar-refractivity contribution < 1.29 is 0 Å². The summed E-state index contributed by atoms with van der Waals surface area (Å²) in [6.07, 6.45) is 1.90. The Morgan fingerprint density at radius 3 is 2.59 bits per heavy atom. The Morgan fingerprint density at radius 1 is 1.47 bits per heavy atom. The molecule has 0 aliphatic carbocycles. The predicted molar refractivity (Wildman–Crippen MR) is 69.1 cm³/mol. The Morgan fingerprint density at radius 2 is 2.12 bits per heavy atom. The van der Waals surface area contributed by atoms with Gasteiger partial charge in [0.25, 0.3) is 0 Å². The molecule has 1 rings (SSSR count). The van der Waals surface area contributed by atoms with Crippen LogP contribution in [-0.4, -0.2) is 27.4 Å². The molecule has 0 aliphatic heterocycles. The lowest BCUT2D eigenvalue weighted by Crippen LogP contribution is -2.32. The number of H-pyrrole nitrogens is 1. The van der Waals surface area contributed by atoms with Crippen molar-refractivity contribution in [1.82, 2.24) is 20.1 Å². The number of hydrogen-bond donors (Lipinski definition) is 2. The summed E-state index contributed by atoms with van der Waals surface area (Å²) in [5, 5.41) is 9.87. The zero-order valence-corrected chi connectivity index (χ0v) is 11.5. The molecule has 0 spiro atoms. The third-order valence-corrected chi connectivity index (χ3v) is 2.73. The monoisotopic (exact) mass is 240 g/mol. The summed E-state index contributed by atoms with van der Waals surface area (Å²) in [5.74, 6) is 0.797. The fourth-order valence-corrected chi connectivity index (χ4v) is 2.02. The smallest absolute Gasteiger partial charge is 0.314 e. The second-order valence-corrected chi connectivity index (χ2v) is 5.87. The van der Waals surface area contributed by atoms with E-state index in [1.54, 1.807) is 11.6 Å². The maximum absolute atomic E-state index is 11.1. The summed E-state index contributed by atoms with van der Waals surface area (Å²) in [6, 6.07) is 0.478. The normalized spacial score (nSPS) is 13.9. The average Bonchev–Trinajstić information content (AvgIpc) is 2.46. The molecule has 1 aromatic rings. The maximum atomic E-state index is 11.1. The van der Waals surface area contributed by atoms with Gasteiger partial charge in [-0.15, -0.1) is 0 Å². The summed E-state index contributed by atoms with van der Waals surface area (Å²) in [7, 11) is 1.74. The van der Waals surface area contributed by atoms with Crippen molar-refractivity contribution in [2.24, 2.45) is 12.5 Å². The summed E-state index contributed by atoms with van der Waals surface area (Å²) < 4.78 is 1.55. The first kappa shape index (κ1) is 14.0. The summed E-state index contributed by atoms with van der Waals surface area (Å²) in [4.78, 5) is 11.1. The number of hydrogen-bond acceptors (Lipinski definition) is 3. The van der Waals surface area contributed by atoms with Gasteiger partial charge in [-0.2, -0.15) is 5.10 Å². The molecule has 0 saturated carbocycles. The molecule has 98 valence electrons. The second kappa shape index (κ2) is 5.49. The number of nitrogens with zero attached hydrogens (tertiary/aromatic N) is 2. The van der Waals surface area contributed by atoms with Crippen molar-refractivity contribution in [3.8, 4) is 0 Å². The largest absolute Gasteiger partial charge is 0.343 e. The lowest BCUT2D eigenvalue weighted by Gasteiger charge is -2.23. The van der Waals surface area contributed by atoms with Crippen LogP contribution in [-0.2, 0) is 13.5 Å². The van der Waals surface area contributed by atoms with Crippen molar-refractivity contribution in [1.29, 1.82) is 0 Å². The highest BCUT2D eigenvalue weighted by molar-refractivity contribution is 4.86. The zero-order valence-electron chi connectivity index (χ0n) is 11.5. The highest BCUT2D eigenvalue weighted by Crippen LogP contribution is 2.20. The van der Waals surface area contributed by atoms with Crippen LogP contribution in [0, 0.1) is 5.41 Å². The van der Waals surface area contributed by atoms with Gasteiger partial charge in [-0.25, -0.2) is 9.89 Å². The molecule has 5 nitrogen and oxygen atoms in total. The zero-order chi connectivity index (χ0) is 13.1. The third kappa shape index (κ3) is 4.73. The van der Waals surface area contributed by atoms with Crippen molar-refractivity contribution in [2.75, 3.05) is 6.54 Å². The maximum Gasteiger partial charge on any atom is 0.343 e. The van der Waals surface area contributed by atoms with Crippen LogP contribution >= 0.6 is 0 Å². The van der Waals surface area contributed by atoms with Gasteiger partial charge < -0.3 is 5.32 Å². The van der Waals surface area contributed by atoms with Gasteiger partial charge in [-0.1, -0.05) is 20.8 Å². The number of aromatic amines is 1. The molecule has 0 amide bonds. The van der Waals surface area contributed by atoms with Gasteiger partial charge in [0, 0.05) is 26.1 Å². The second-order valence-electron chi connectivity index (χ2n) is 5.87. The molecule has 1 heterocycles. The van der Waals surface area contributed by atoms with Crippen LogP contribution in [0.5, 0.6) is 0 Å². The van der Waals surface area contributed by atoms with Crippen LogP contribution in [0.1, 0.15) is 39.9 Å². The van der Waals surface area contributed by atoms with E-state index in [1.807, 2.05) is 0 Å². The first-order chi connectivity index (χ1) is 7.79. The van der Waals surface area contributed by atoms with Gasteiger partial charge in [-0.05, 0) is 18.8 Å². The first-order valence-electron chi connectivity index (χ1n) is 6.13. The van der Waals surface area contributed by atoms with Crippen molar-refractivity contribution in [3.05, 3.63) is 16.3 Å². The fourth-order valence-electron chi connectivity index (χ4n) is 2.02. The van der Waals surface area contributed by atoms with Crippen LogP contribution in [0.4, 0.5) is 0 Å². The van der Waals surface area contributed by atoms with Gasteiger partial charge in [0.2, 0.25) is 0 Å². The predicted octanol–water partition coefficient (Wildman–Crippen LogP) is 1.07. The summed E-state index contributed by atoms with van der Waals surface area (Å²) in [5.41, 5.74) is 0.189. The Labute approximate surface area is 103 Å². The first-order valence-corrected chi connectivity index (χ1v) is 6.13. The number of nitrogens with one attached hydrogen (secondary N) is 2. The number of rotatable bonds is 5. The molecule has 17 heavy (non-hydrogen) atoms. The minimum atomic E-state index is -0.150. The Kier molecular flexibility index (Phi) is 4.51. The van der Waals surface area contributed by atoms with E-state index in [2.05, 4.69) is 43.2 Å². The highest BCUT2D eigenvalue weighted by atomic mass is 16.1. The number of aromatic nitrogens is 3. The molecular formula is C12H24N4O. The van der Waals surface area contributed by atoms with Gasteiger partial charge in [0.15, 0.2) is 0 Å². The Bertz CT molecular complexity index is 399. The van der Waals surface area contributed by atoms with E-state index in [-0.39, 0.29) is 5.69 Å². The SMILES string of the molecule is CC(CC(C)(C)C)NCCc1n[nH]c(=O)n1C. The van der Waals surface area contributed by atoms with E-state index in [0.29, 0.717) is 11.5 Å². The molecule has 1 aromatic heterocycles. The molecule has 0 aliphatic rings. The van der Waals surface area contributed by atoms with E-state index in [4.69, 9.17) is 0 Å². The molecule has 0 fully saturated rings.